The monoisotopic (exact) mass is 1400 g/mol. The maximum absolute atomic E-state index is 13.1. The maximum Gasteiger partial charge on any atom is 0.472 e. The van der Waals surface area contributed by atoms with E-state index < -0.39 is 97.5 Å². The van der Waals surface area contributed by atoms with Crippen molar-refractivity contribution in [2.45, 2.75) is 368 Å². The smallest absolute Gasteiger partial charge is 0.462 e. The first kappa shape index (κ1) is 93.0. The average Bonchev–Trinajstić information content (AvgIpc) is 1.51. The van der Waals surface area contributed by atoms with Crippen molar-refractivity contribution in [2.75, 3.05) is 39.6 Å². The molecule has 0 rings (SSSR count). The fourth-order valence-corrected chi connectivity index (χ4v) is 12.3. The lowest BCUT2D eigenvalue weighted by Crippen LogP contribution is -2.30. The zero-order chi connectivity index (χ0) is 70.7. The summed E-state index contributed by atoms with van der Waals surface area (Å²) in [4.78, 5) is 72.8. The highest BCUT2D eigenvalue weighted by molar-refractivity contribution is 7.47. The minimum atomic E-state index is -4.97. The largest absolute Gasteiger partial charge is 0.472 e. The first-order chi connectivity index (χ1) is 46.4. The molecule has 96 heavy (non-hydrogen) atoms. The Morgan fingerprint density at radius 1 is 0.323 bits per heavy atom. The molecule has 0 aliphatic carbocycles. The molecular formula is C77H142O17P2. The summed E-state index contributed by atoms with van der Waals surface area (Å²) in [6.45, 7) is 9.40. The Kier molecular flexibility index (Phi) is 65.7. The molecule has 0 aliphatic rings. The van der Waals surface area contributed by atoms with Gasteiger partial charge in [-0.05, 0) is 88.9 Å². The summed E-state index contributed by atoms with van der Waals surface area (Å²) in [5, 5.41) is 10.6. The van der Waals surface area contributed by atoms with E-state index in [0.29, 0.717) is 31.6 Å². The van der Waals surface area contributed by atoms with Crippen LogP contribution < -0.4 is 0 Å². The standard InChI is InChI=1S/C77H142O17P2/c1-7-9-11-13-15-17-19-21-23-28-32-36-40-47-53-59-74(79)87-65-72(93-76(81)61-56-50-42-38-34-30-26-25-27-31-35-39-45-51-57-69(3)4)67-91-95(83,84)89-63-71(78)64-90-96(85,86)92-68-73(66-88-75(80)60-54-48-44-43-46-52-58-70(5)6)94-77(82)62-55-49-41-37-33-29-24-22-20-18-16-14-12-10-8-2/h17-24,69-73,78H,7-16,25-68H2,1-6H3,(H,83,84)(H,85,86)/b19-17-,20-18-,23-21-,24-22-/t71-,72-,73-/m1/s1. The molecule has 3 N–H and O–H groups in total. The van der Waals surface area contributed by atoms with Crippen LogP contribution in [0.5, 0.6) is 0 Å². The second-order valence-corrected chi connectivity index (χ2v) is 30.2. The quantitative estimate of drug-likeness (QED) is 0.0169. The number of phosphoric ester groups is 2. The van der Waals surface area contributed by atoms with Crippen LogP contribution in [0.3, 0.4) is 0 Å². The highest BCUT2D eigenvalue weighted by Crippen LogP contribution is 2.45. The van der Waals surface area contributed by atoms with Crippen molar-refractivity contribution in [2.24, 2.45) is 11.8 Å². The van der Waals surface area contributed by atoms with Gasteiger partial charge in [0.2, 0.25) is 0 Å². The van der Waals surface area contributed by atoms with E-state index >= 15 is 0 Å². The van der Waals surface area contributed by atoms with Crippen LogP contribution in [0.1, 0.15) is 350 Å². The van der Waals surface area contributed by atoms with Crippen molar-refractivity contribution in [3.8, 4) is 0 Å². The molecule has 19 heteroatoms. The number of rotatable bonds is 72. The number of hydrogen-bond donors (Lipinski definition) is 3. The number of ether oxygens (including phenoxy) is 4. The molecule has 0 aromatic heterocycles. The summed E-state index contributed by atoms with van der Waals surface area (Å²) >= 11 is 0. The van der Waals surface area contributed by atoms with Crippen LogP contribution in [0.2, 0.25) is 0 Å². The summed E-state index contributed by atoms with van der Waals surface area (Å²) in [7, 11) is -9.94. The number of aliphatic hydroxyl groups excluding tert-OH is 1. The van der Waals surface area contributed by atoms with E-state index in [0.717, 1.165) is 134 Å². The van der Waals surface area contributed by atoms with Gasteiger partial charge < -0.3 is 33.8 Å². The predicted octanol–water partition coefficient (Wildman–Crippen LogP) is 21.8. The number of allylic oxidation sites excluding steroid dienone is 8. The van der Waals surface area contributed by atoms with Crippen LogP contribution in [0.15, 0.2) is 48.6 Å². The van der Waals surface area contributed by atoms with E-state index in [1.807, 2.05) is 0 Å². The van der Waals surface area contributed by atoms with Crippen molar-refractivity contribution in [1.29, 1.82) is 0 Å². The molecule has 0 aliphatic heterocycles. The van der Waals surface area contributed by atoms with Crippen molar-refractivity contribution >= 4 is 39.5 Å². The molecule has 0 amide bonds. The first-order valence-electron chi connectivity index (χ1n) is 38.6. The topological polar surface area (TPSA) is 237 Å². The molecule has 562 valence electrons. The Hall–Kier alpha value is -2.98. The van der Waals surface area contributed by atoms with E-state index in [-0.39, 0.29) is 25.7 Å². The van der Waals surface area contributed by atoms with E-state index in [2.05, 4.69) is 90.2 Å². The van der Waals surface area contributed by atoms with Gasteiger partial charge in [0, 0.05) is 25.7 Å². The predicted molar refractivity (Wildman–Crippen MR) is 390 cm³/mol. The summed E-state index contributed by atoms with van der Waals surface area (Å²) in [5.74, 6) is -0.712. The molecule has 0 bridgehead atoms. The zero-order valence-corrected chi connectivity index (χ0v) is 63.4. The Balaban J connectivity index is 5.31. The summed E-state index contributed by atoms with van der Waals surface area (Å²) < 4.78 is 68.4. The number of esters is 4. The third-order valence-corrected chi connectivity index (χ3v) is 18.6. The molecule has 0 aromatic rings. The van der Waals surface area contributed by atoms with E-state index in [1.165, 1.54) is 128 Å². The average molecular weight is 1400 g/mol. The number of carbonyl (C=O) groups excluding carboxylic acids is 4. The van der Waals surface area contributed by atoms with Gasteiger partial charge in [0.1, 0.15) is 19.3 Å². The van der Waals surface area contributed by atoms with Gasteiger partial charge in [0.05, 0.1) is 26.4 Å². The molecule has 0 aromatic carbocycles. The summed E-state index contributed by atoms with van der Waals surface area (Å²) in [6, 6.07) is 0. The second-order valence-electron chi connectivity index (χ2n) is 27.3. The number of carbonyl (C=O) groups is 4. The fraction of sp³-hybridized carbons (Fsp3) is 0.844. The normalized spacial score (nSPS) is 14.3. The van der Waals surface area contributed by atoms with Gasteiger partial charge in [-0.1, -0.05) is 296 Å². The zero-order valence-electron chi connectivity index (χ0n) is 61.6. The van der Waals surface area contributed by atoms with Crippen LogP contribution >= 0.6 is 15.6 Å². The highest BCUT2D eigenvalue weighted by atomic mass is 31.2. The fourth-order valence-electron chi connectivity index (χ4n) is 10.7. The Morgan fingerprint density at radius 3 is 0.844 bits per heavy atom. The maximum atomic E-state index is 13.1. The molecule has 0 saturated heterocycles. The number of unbranched alkanes of at least 4 members (excludes halogenated alkanes) is 36. The molecular weight excluding hydrogens is 1260 g/mol. The molecule has 5 atom stereocenters. The van der Waals surface area contributed by atoms with Gasteiger partial charge in [-0.25, -0.2) is 9.13 Å². The SMILES string of the molecule is CCCCCC/C=C\C=C/CCCCCCCC(=O)OC[C@H](COP(=O)(O)OC[C@@H](O)COP(=O)(O)OC[C@@H](COC(=O)CCCCCCCCC(C)C)OC(=O)CCCCCCC/C=C\C=C/CCCCCC)OC(=O)CCCCCCCCCCCCCCCCC(C)C. The van der Waals surface area contributed by atoms with Gasteiger partial charge in [0.15, 0.2) is 12.2 Å². The van der Waals surface area contributed by atoms with Crippen LogP contribution in [0.25, 0.3) is 0 Å². The lowest BCUT2D eigenvalue weighted by Gasteiger charge is -2.21. The molecule has 0 radical (unpaired) electrons. The van der Waals surface area contributed by atoms with Gasteiger partial charge >= 0.3 is 39.5 Å². The van der Waals surface area contributed by atoms with Crippen LogP contribution in [-0.4, -0.2) is 96.7 Å². The van der Waals surface area contributed by atoms with E-state index in [9.17, 15) is 43.2 Å². The van der Waals surface area contributed by atoms with Crippen molar-refractivity contribution < 1.29 is 80.2 Å². The lowest BCUT2D eigenvalue weighted by molar-refractivity contribution is -0.161. The highest BCUT2D eigenvalue weighted by Gasteiger charge is 2.30. The molecule has 0 heterocycles. The third kappa shape index (κ3) is 69.5. The Bertz CT molecular complexity index is 2040. The van der Waals surface area contributed by atoms with Gasteiger partial charge in [-0.2, -0.15) is 0 Å². The van der Waals surface area contributed by atoms with Crippen molar-refractivity contribution in [3.63, 3.8) is 0 Å². The Morgan fingerprint density at radius 2 is 0.562 bits per heavy atom. The molecule has 2 unspecified atom stereocenters. The summed E-state index contributed by atoms with van der Waals surface area (Å²) in [5.41, 5.74) is 0. The minimum Gasteiger partial charge on any atom is -0.462 e. The molecule has 0 spiro atoms. The van der Waals surface area contributed by atoms with Crippen molar-refractivity contribution in [1.82, 2.24) is 0 Å². The van der Waals surface area contributed by atoms with Crippen LogP contribution in [0.4, 0.5) is 0 Å². The number of aliphatic hydroxyl groups is 1. The Labute approximate surface area is 585 Å². The minimum absolute atomic E-state index is 0.0816. The number of phosphoric acid groups is 2. The van der Waals surface area contributed by atoms with E-state index in [1.54, 1.807) is 0 Å². The second kappa shape index (κ2) is 67.8. The summed E-state index contributed by atoms with van der Waals surface area (Å²) in [6.07, 6.45) is 61.4. The van der Waals surface area contributed by atoms with Crippen LogP contribution in [0, 0.1) is 11.8 Å². The van der Waals surface area contributed by atoms with Gasteiger partial charge in [-0.3, -0.25) is 37.3 Å². The van der Waals surface area contributed by atoms with Gasteiger partial charge in [-0.15, -0.1) is 0 Å². The van der Waals surface area contributed by atoms with Crippen LogP contribution in [-0.2, 0) is 65.4 Å². The van der Waals surface area contributed by atoms with Gasteiger partial charge in [0.25, 0.3) is 0 Å². The first-order valence-corrected chi connectivity index (χ1v) is 41.6. The molecule has 0 fully saturated rings. The molecule has 0 saturated carbocycles. The number of hydrogen-bond acceptors (Lipinski definition) is 15. The van der Waals surface area contributed by atoms with Crippen molar-refractivity contribution in [3.05, 3.63) is 48.6 Å². The lowest BCUT2D eigenvalue weighted by atomic mass is 10.0. The third-order valence-electron chi connectivity index (χ3n) is 16.7. The van der Waals surface area contributed by atoms with E-state index in [4.69, 9.17) is 37.0 Å². The molecule has 17 nitrogen and oxygen atoms in total.